The zero-order chi connectivity index (χ0) is 22.9. The summed E-state index contributed by atoms with van der Waals surface area (Å²) >= 11 is 1.33. The first-order valence-electron chi connectivity index (χ1n) is 10.5. The number of nitrogens with zero attached hydrogens (tertiary/aromatic N) is 5. The van der Waals surface area contributed by atoms with Crippen molar-refractivity contribution in [2.45, 2.75) is 52.2 Å². The summed E-state index contributed by atoms with van der Waals surface area (Å²) < 4.78 is 11.1. The van der Waals surface area contributed by atoms with Crippen LogP contribution >= 0.6 is 11.3 Å². The summed E-state index contributed by atoms with van der Waals surface area (Å²) in [6, 6.07) is 3.47. The minimum atomic E-state index is -0.547. The van der Waals surface area contributed by atoms with Crippen LogP contribution in [0.4, 0.5) is 15.7 Å². The van der Waals surface area contributed by atoms with E-state index < -0.39 is 5.60 Å². The first-order valence-corrected chi connectivity index (χ1v) is 11.3. The van der Waals surface area contributed by atoms with Crippen LogP contribution in [-0.2, 0) is 17.6 Å². The quantitative estimate of drug-likeness (QED) is 0.602. The number of ether oxygens (including phenoxy) is 1. The number of nitrogens with two attached hydrogens (primary N) is 1. The smallest absolute Gasteiger partial charge is 0.410 e. The molecule has 0 saturated carbocycles. The Hall–Kier alpha value is -3.21. The van der Waals surface area contributed by atoms with Crippen molar-refractivity contribution in [2.24, 2.45) is 0 Å². The molecule has 10 nitrogen and oxygen atoms in total. The maximum Gasteiger partial charge on any atom is 0.410 e. The number of nitrogens with one attached hydrogen (secondary N) is 1. The number of hydrogen-bond acceptors (Lipinski definition) is 10. The summed E-state index contributed by atoms with van der Waals surface area (Å²) in [5, 5.41) is 12.6. The monoisotopic (exact) mass is 457 g/mol. The van der Waals surface area contributed by atoms with Gasteiger partial charge in [0.2, 0.25) is 5.13 Å². The lowest BCUT2D eigenvalue weighted by Crippen LogP contribution is -2.38. The lowest BCUT2D eigenvalue weighted by atomic mass is 10.1. The molecule has 4 heterocycles. The highest BCUT2D eigenvalue weighted by Gasteiger charge is 2.27. The van der Waals surface area contributed by atoms with Gasteiger partial charge in [0.1, 0.15) is 16.4 Å². The number of carbonyl (C=O) groups is 1. The minimum Gasteiger partial charge on any atom is -0.461 e. The Labute approximate surface area is 190 Å². The maximum atomic E-state index is 12.6. The molecule has 0 saturated heterocycles. The van der Waals surface area contributed by atoms with Crippen LogP contribution < -0.4 is 11.1 Å². The molecule has 3 aromatic rings. The van der Waals surface area contributed by atoms with Gasteiger partial charge in [0.15, 0.2) is 11.6 Å². The van der Waals surface area contributed by atoms with E-state index >= 15 is 0 Å². The van der Waals surface area contributed by atoms with Crippen LogP contribution in [0.3, 0.4) is 0 Å². The predicted octanol–water partition coefficient (Wildman–Crippen LogP) is 3.68. The number of aromatic nitrogens is 4. The van der Waals surface area contributed by atoms with E-state index in [1.165, 1.54) is 11.3 Å². The third-order valence-corrected chi connectivity index (χ3v) is 5.85. The number of fused-ring (bicyclic) bond motifs is 1. The van der Waals surface area contributed by atoms with E-state index in [1.807, 2.05) is 33.8 Å². The van der Waals surface area contributed by atoms with Gasteiger partial charge in [-0.15, -0.1) is 10.2 Å². The van der Waals surface area contributed by atoms with E-state index in [0.29, 0.717) is 48.5 Å². The van der Waals surface area contributed by atoms with Crippen LogP contribution in [0.25, 0.3) is 11.6 Å². The largest absolute Gasteiger partial charge is 0.461 e. The Kier molecular flexibility index (Phi) is 6.00. The normalized spacial score (nSPS) is 15.1. The van der Waals surface area contributed by atoms with Crippen LogP contribution in [0.15, 0.2) is 22.8 Å². The van der Waals surface area contributed by atoms with Crippen molar-refractivity contribution >= 4 is 28.4 Å². The fourth-order valence-electron chi connectivity index (χ4n) is 3.43. The molecule has 0 aromatic carbocycles. The van der Waals surface area contributed by atoms with Crippen molar-refractivity contribution in [2.75, 3.05) is 24.1 Å². The molecular weight excluding hydrogens is 430 g/mol. The molecule has 0 spiro atoms. The number of hydrogen-bond donors (Lipinski definition) is 2. The van der Waals surface area contributed by atoms with Crippen LogP contribution in [0.1, 0.15) is 50.0 Å². The summed E-state index contributed by atoms with van der Waals surface area (Å²) in [5.74, 6) is 1.76. The molecule has 1 amide bonds. The molecule has 1 aliphatic rings. The lowest BCUT2D eigenvalue weighted by Gasteiger charge is -2.26. The molecule has 11 heteroatoms. The van der Waals surface area contributed by atoms with Gasteiger partial charge in [0, 0.05) is 25.1 Å². The van der Waals surface area contributed by atoms with Gasteiger partial charge in [-0.2, -0.15) is 0 Å². The van der Waals surface area contributed by atoms with Crippen molar-refractivity contribution in [3.05, 3.63) is 34.7 Å². The van der Waals surface area contributed by atoms with Crippen molar-refractivity contribution in [1.82, 2.24) is 25.1 Å². The standard InChI is InChI=1S/C21H27N7O3S/c1-12(18-26-27-19(22)32-18)23-16-13-7-9-28(20(29)31-21(2,3)4)10-8-14(13)24-17(25-16)15-6-5-11-30-15/h5-6,11-12H,7-10H2,1-4H3,(H2,22,27)(H,23,24,25). The average molecular weight is 458 g/mol. The summed E-state index contributed by atoms with van der Waals surface area (Å²) in [4.78, 5) is 23.9. The first-order chi connectivity index (χ1) is 15.2. The van der Waals surface area contributed by atoms with Gasteiger partial charge in [-0.3, -0.25) is 0 Å². The van der Waals surface area contributed by atoms with Crippen LogP contribution in [0, 0.1) is 0 Å². The molecule has 1 unspecified atom stereocenters. The Morgan fingerprint density at radius 1 is 1.28 bits per heavy atom. The molecule has 3 aromatic heterocycles. The Bertz CT molecular complexity index is 1090. The van der Waals surface area contributed by atoms with Crippen molar-refractivity contribution in [3.8, 4) is 11.6 Å². The number of carbonyl (C=O) groups excluding carboxylic acids is 1. The zero-order valence-electron chi connectivity index (χ0n) is 18.6. The fraction of sp³-hybridized carbons (Fsp3) is 0.476. The third-order valence-electron chi connectivity index (χ3n) is 4.92. The summed E-state index contributed by atoms with van der Waals surface area (Å²) in [7, 11) is 0. The maximum absolute atomic E-state index is 12.6. The molecule has 1 aliphatic heterocycles. The molecule has 1 atom stereocenters. The summed E-state index contributed by atoms with van der Waals surface area (Å²) in [6.07, 6.45) is 2.45. The SMILES string of the molecule is CC(Nc1nc(-c2ccco2)nc2c1CCN(C(=O)OC(C)(C)C)CC2)c1nnc(N)s1. The predicted molar refractivity (Wildman–Crippen MR) is 121 cm³/mol. The highest BCUT2D eigenvalue weighted by atomic mass is 32.1. The second kappa shape index (κ2) is 8.73. The second-order valence-corrected chi connectivity index (χ2v) is 9.65. The number of nitrogen functional groups attached to an aromatic ring is 1. The molecule has 0 radical (unpaired) electrons. The highest BCUT2D eigenvalue weighted by molar-refractivity contribution is 7.15. The van der Waals surface area contributed by atoms with Gasteiger partial charge < -0.3 is 25.1 Å². The summed E-state index contributed by atoms with van der Waals surface area (Å²) in [6.45, 7) is 8.59. The molecule has 4 rings (SSSR count). The second-order valence-electron chi connectivity index (χ2n) is 8.61. The zero-order valence-corrected chi connectivity index (χ0v) is 19.4. The van der Waals surface area contributed by atoms with E-state index in [4.69, 9.17) is 24.9 Å². The van der Waals surface area contributed by atoms with Crippen LogP contribution in [0.5, 0.6) is 0 Å². The molecule has 3 N–H and O–H groups in total. The fourth-order valence-corrected chi connectivity index (χ4v) is 4.05. The molecule has 170 valence electrons. The Morgan fingerprint density at radius 2 is 2.06 bits per heavy atom. The molecule has 0 aliphatic carbocycles. The highest BCUT2D eigenvalue weighted by Crippen LogP contribution is 2.30. The lowest BCUT2D eigenvalue weighted by molar-refractivity contribution is 0.0258. The van der Waals surface area contributed by atoms with Gasteiger partial charge in [-0.1, -0.05) is 11.3 Å². The van der Waals surface area contributed by atoms with Crippen molar-refractivity contribution in [1.29, 1.82) is 0 Å². The number of furan rings is 1. The summed E-state index contributed by atoms with van der Waals surface area (Å²) in [5.41, 5.74) is 7.05. The van der Waals surface area contributed by atoms with Gasteiger partial charge in [-0.25, -0.2) is 14.8 Å². The number of anilines is 2. The third kappa shape index (κ3) is 4.98. The Balaban J connectivity index is 1.64. The molecule has 32 heavy (non-hydrogen) atoms. The van der Waals surface area contributed by atoms with Crippen molar-refractivity contribution < 1.29 is 13.9 Å². The van der Waals surface area contributed by atoms with Crippen LogP contribution in [0.2, 0.25) is 0 Å². The van der Waals surface area contributed by atoms with E-state index in [2.05, 4.69) is 15.5 Å². The Morgan fingerprint density at radius 3 is 2.72 bits per heavy atom. The average Bonchev–Trinajstić information content (AvgIpc) is 3.35. The number of amides is 1. The van der Waals surface area contributed by atoms with Crippen molar-refractivity contribution in [3.63, 3.8) is 0 Å². The van der Waals surface area contributed by atoms with E-state index in [9.17, 15) is 4.79 Å². The topological polar surface area (TPSA) is 132 Å². The van der Waals surface area contributed by atoms with Gasteiger partial charge in [-0.05, 0) is 46.2 Å². The van der Waals surface area contributed by atoms with E-state index in [0.717, 1.165) is 16.3 Å². The first kappa shape index (κ1) is 22.0. The number of rotatable bonds is 4. The molecular formula is C21H27N7O3S. The van der Waals surface area contributed by atoms with Gasteiger partial charge in [0.25, 0.3) is 0 Å². The van der Waals surface area contributed by atoms with E-state index in [1.54, 1.807) is 17.2 Å². The minimum absolute atomic E-state index is 0.154. The van der Waals surface area contributed by atoms with Crippen LogP contribution in [-0.4, -0.2) is 49.8 Å². The van der Waals surface area contributed by atoms with E-state index in [-0.39, 0.29) is 12.1 Å². The van der Waals surface area contributed by atoms with Gasteiger partial charge >= 0.3 is 6.09 Å². The molecule has 0 fully saturated rings. The van der Waals surface area contributed by atoms with Gasteiger partial charge in [0.05, 0.1) is 18.0 Å². The molecule has 0 bridgehead atoms.